The van der Waals surface area contributed by atoms with Gasteiger partial charge in [-0.05, 0) is 43.4 Å². The van der Waals surface area contributed by atoms with Crippen LogP contribution in [0.4, 0.5) is 5.69 Å². The molecular formula is C17H28N4. The van der Waals surface area contributed by atoms with E-state index in [-0.39, 0.29) is 0 Å². The molecule has 2 N–H and O–H groups in total. The SMILES string of the molecule is CCNC(=NCCc1ccc(N(C)C)cc1)NC1CC1C. The van der Waals surface area contributed by atoms with Gasteiger partial charge in [0.2, 0.25) is 0 Å². The molecule has 2 unspecified atom stereocenters. The molecule has 4 heteroatoms. The standard InChI is InChI=1S/C17H28N4/c1-5-18-17(20-16-12-13(16)2)19-11-10-14-6-8-15(9-7-14)21(3)4/h6-9,13,16H,5,10-12H2,1-4H3,(H2,18,19,20). The van der Waals surface area contributed by atoms with Crippen LogP contribution in [0.3, 0.4) is 0 Å². The molecule has 0 aromatic heterocycles. The largest absolute Gasteiger partial charge is 0.378 e. The molecule has 2 rings (SSSR count). The summed E-state index contributed by atoms with van der Waals surface area (Å²) >= 11 is 0. The molecule has 1 saturated carbocycles. The average Bonchev–Trinajstić information content (AvgIpc) is 3.15. The van der Waals surface area contributed by atoms with E-state index >= 15 is 0 Å². The summed E-state index contributed by atoms with van der Waals surface area (Å²) in [5.41, 5.74) is 2.57. The summed E-state index contributed by atoms with van der Waals surface area (Å²) in [5.74, 6) is 1.74. The number of anilines is 1. The second-order valence-corrected chi connectivity index (χ2v) is 6.04. The highest BCUT2D eigenvalue weighted by molar-refractivity contribution is 5.80. The third kappa shape index (κ3) is 4.96. The Morgan fingerprint density at radius 2 is 1.95 bits per heavy atom. The molecule has 1 aliphatic rings. The maximum absolute atomic E-state index is 4.66. The van der Waals surface area contributed by atoms with Crippen LogP contribution in [-0.2, 0) is 6.42 Å². The first-order valence-corrected chi connectivity index (χ1v) is 7.91. The minimum Gasteiger partial charge on any atom is -0.378 e. The molecular weight excluding hydrogens is 260 g/mol. The van der Waals surface area contributed by atoms with Crippen LogP contribution in [0, 0.1) is 5.92 Å². The van der Waals surface area contributed by atoms with Crippen molar-refractivity contribution in [2.45, 2.75) is 32.7 Å². The molecule has 0 bridgehead atoms. The van der Waals surface area contributed by atoms with Gasteiger partial charge >= 0.3 is 0 Å². The summed E-state index contributed by atoms with van der Waals surface area (Å²) < 4.78 is 0. The van der Waals surface area contributed by atoms with Gasteiger partial charge in [-0.15, -0.1) is 0 Å². The topological polar surface area (TPSA) is 39.7 Å². The zero-order valence-corrected chi connectivity index (χ0v) is 13.7. The van der Waals surface area contributed by atoms with Crippen molar-refractivity contribution in [1.29, 1.82) is 0 Å². The van der Waals surface area contributed by atoms with Gasteiger partial charge < -0.3 is 15.5 Å². The van der Waals surface area contributed by atoms with Gasteiger partial charge in [0.05, 0.1) is 0 Å². The fourth-order valence-electron chi connectivity index (χ4n) is 2.28. The number of aliphatic imine (C=N–C) groups is 1. The summed E-state index contributed by atoms with van der Waals surface area (Å²) in [6, 6.07) is 9.31. The van der Waals surface area contributed by atoms with Gasteiger partial charge in [-0.3, -0.25) is 4.99 Å². The van der Waals surface area contributed by atoms with Crippen molar-refractivity contribution in [2.24, 2.45) is 10.9 Å². The normalized spacial score (nSPS) is 21.0. The number of nitrogens with one attached hydrogen (secondary N) is 2. The molecule has 0 heterocycles. The average molecular weight is 288 g/mol. The highest BCUT2D eigenvalue weighted by Crippen LogP contribution is 2.28. The Morgan fingerprint density at radius 1 is 1.29 bits per heavy atom. The minimum absolute atomic E-state index is 0.613. The maximum atomic E-state index is 4.66. The summed E-state index contributed by atoms with van der Waals surface area (Å²) in [4.78, 5) is 6.78. The molecule has 0 amide bonds. The van der Waals surface area contributed by atoms with Gasteiger partial charge in [0.25, 0.3) is 0 Å². The monoisotopic (exact) mass is 288 g/mol. The maximum Gasteiger partial charge on any atom is 0.191 e. The van der Waals surface area contributed by atoms with Gasteiger partial charge in [-0.25, -0.2) is 0 Å². The first kappa shape index (κ1) is 15.7. The predicted molar refractivity (Wildman–Crippen MR) is 91.2 cm³/mol. The highest BCUT2D eigenvalue weighted by atomic mass is 15.2. The fourth-order valence-corrected chi connectivity index (χ4v) is 2.28. The van der Waals surface area contributed by atoms with E-state index in [2.05, 4.69) is 72.7 Å². The molecule has 4 nitrogen and oxygen atoms in total. The minimum atomic E-state index is 0.613. The van der Waals surface area contributed by atoms with E-state index in [1.54, 1.807) is 0 Å². The Hall–Kier alpha value is -1.71. The van der Waals surface area contributed by atoms with E-state index in [0.29, 0.717) is 6.04 Å². The Balaban J connectivity index is 1.83. The highest BCUT2D eigenvalue weighted by Gasteiger charge is 2.33. The summed E-state index contributed by atoms with van der Waals surface area (Å²) in [7, 11) is 4.12. The Bertz CT molecular complexity index is 464. The molecule has 0 spiro atoms. The van der Waals surface area contributed by atoms with Crippen molar-refractivity contribution in [3.63, 3.8) is 0 Å². The Labute approximate surface area is 128 Å². The van der Waals surface area contributed by atoms with E-state index in [9.17, 15) is 0 Å². The molecule has 1 aromatic rings. The van der Waals surface area contributed by atoms with Crippen LogP contribution >= 0.6 is 0 Å². The van der Waals surface area contributed by atoms with Crippen molar-refractivity contribution in [3.8, 4) is 0 Å². The summed E-state index contributed by atoms with van der Waals surface area (Å²) in [6.45, 7) is 6.10. The van der Waals surface area contributed by atoms with Crippen LogP contribution in [0.5, 0.6) is 0 Å². The summed E-state index contributed by atoms with van der Waals surface area (Å²) in [5, 5.41) is 6.80. The van der Waals surface area contributed by atoms with Crippen LogP contribution in [0.1, 0.15) is 25.8 Å². The molecule has 1 aliphatic carbocycles. The van der Waals surface area contributed by atoms with Crippen LogP contribution in [0.2, 0.25) is 0 Å². The smallest absolute Gasteiger partial charge is 0.191 e. The van der Waals surface area contributed by atoms with E-state index in [1.807, 2.05) is 0 Å². The molecule has 21 heavy (non-hydrogen) atoms. The van der Waals surface area contributed by atoms with Crippen molar-refractivity contribution < 1.29 is 0 Å². The molecule has 1 fully saturated rings. The molecule has 1 aromatic carbocycles. The Morgan fingerprint density at radius 3 is 2.48 bits per heavy atom. The van der Waals surface area contributed by atoms with Gasteiger partial charge in [0.15, 0.2) is 5.96 Å². The third-order valence-electron chi connectivity index (χ3n) is 3.90. The first-order chi connectivity index (χ1) is 10.1. The van der Waals surface area contributed by atoms with Gasteiger partial charge in [0, 0.05) is 38.9 Å². The quantitative estimate of drug-likeness (QED) is 0.623. The van der Waals surface area contributed by atoms with Gasteiger partial charge in [-0.1, -0.05) is 19.1 Å². The lowest BCUT2D eigenvalue weighted by Crippen LogP contribution is -2.39. The number of guanidine groups is 1. The van der Waals surface area contributed by atoms with Crippen LogP contribution < -0.4 is 15.5 Å². The lowest BCUT2D eigenvalue weighted by atomic mass is 10.1. The van der Waals surface area contributed by atoms with E-state index in [4.69, 9.17) is 0 Å². The molecule has 2 atom stereocenters. The fraction of sp³-hybridized carbons (Fsp3) is 0.588. The van der Waals surface area contributed by atoms with Crippen molar-refractivity contribution in [3.05, 3.63) is 29.8 Å². The molecule has 116 valence electrons. The van der Waals surface area contributed by atoms with Crippen LogP contribution in [0.25, 0.3) is 0 Å². The lowest BCUT2D eigenvalue weighted by Gasteiger charge is -2.13. The number of hydrogen-bond acceptors (Lipinski definition) is 2. The van der Waals surface area contributed by atoms with Crippen LogP contribution in [-0.4, -0.2) is 39.2 Å². The van der Waals surface area contributed by atoms with E-state index in [0.717, 1.165) is 31.4 Å². The van der Waals surface area contributed by atoms with E-state index in [1.165, 1.54) is 17.7 Å². The second kappa shape index (κ2) is 7.34. The molecule has 0 aliphatic heterocycles. The zero-order chi connectivity index (χ0) is 15.2. The molecule has 0 radical (unpaired) electrons. The second-order valence-electron chi connectivity index (χ2n) is 6.04. The predicted octanol–water partition coefficient (Wildman–Crippen LogP) is 2.26. The number of rotatable bonds is 6. The molecule has 0 saturated heterocycles. The van der Waals surface area contributed by atoms with Gasteiger partial charge in [0.1, 0.15) is 0 Å². The lowest BCUT2D eigenvalue weighted by molar-refractivity contribution is 0.765. The van der Waals surface area contributed by atoms with Crippen molar-refractivity contribution >= 4 is 11.6 Å². The van der Waals surface area contributed by atoms with Crippen LogP contribution in [0.15, 0.2) is 29.3 Å². The number of nitrogens with zero attached hydrogens (tertiary/aromatic N) is 2. The number of hydrogen-bond donors (Lipinski definition) is 2. The van der Waals surface area contributed by atoms with E-state index < -0.39 is 0 Å². The number of benzene rings is 1. The van der Waals surface area contributed by atoms with Gasteiger partial charge in [-0.2, -0.15) is 0 Å². The Kier molecular flexibility index (Phi) is 5.48. The zero-order valence-electron chi connectivity index (χ0n) is 13.7. The van der Waals surface area contributed by atoms with Crippen molar-refractivity contribution in [1.82, 2.24) is 10.6 Å². The van der Waals surface area contributed by atoms with Crippen molar-refractivity contribution in [2.75, 3.05) is 32.1 Å². The third-order valence-corrected chi connectivity index (χ3v) is 3.90. The summed E-state index contributed by atoms with van der Waals surface area (Å²) in [6.07, 6.45) is 2.24. The first-order valence-electron chi connectivity index (χ1n) is 7.91.